The number of aliphatic hydroxyl groups is 1. The summed E-state index contributed by atoms with van der Waals surface area (Å²) in [4.78, 5) is 24.3. The van der Waals surface area contributed by atoms with Crippen LogP contribution >= 0.6 is 11.8 Å². The lowest BCUT2D eigenvalue weighted by atomic mass is 10.2. The average Bonchev–Trinajstić information content (AvgIpc) is 2.73. The summed E-state index contributed by atoms with van der Waals surface area (Å²) < 4.78 is 0. The third kappa shape index (κ3) is 3.08. The molecule has 0 bridgehead atoms. The molecule has 0 aromatic rings. The molecule has 3 N–H and O–H groups in total. The Labute approximate surface area is 110 Å². The molecule has 0 aromatic heterocycles. The predicted octanol–water partition coefficient (Wildman–Crippen LogP) is 0.111. The third-order valence-electron chi connectivity index (χ3n) is 3.31. The molecule has 2 fully saturated rings. The number of nitrogens with zero attached hydrogens (tertiary/aromatic N) is 1. The molecule has 2 amide bonds. The molecule has 2 saturated heterocycles. The summed E-state index contributed by atoms with van der Waals surface area (Å²) in [6.07, 6.45) is 1.38. The van der Waals surface area contributed by atoms with Crippen molar-refractivity contribution < 1.29 is 19.8 Å². The number of urea groups is 1. The second kappa shape index (κ2) is 5.79. The number of amides is 2. The van der Waals surface area contributed by atoms with Crippen molar-refractivity contribution in [1.29, 1.82) is 0 Å². The van der Waals surface area contributed by atoms with Gasteiger partial charge < -0.3 is 20.4 Å². The topological polar surface area (TPSA) is 89.9 Å². The number of thioether (sulfide) groups is 1. The Balaban J connectivity index is 1.92. The quantitative estimate of drug-likeness (QED) is 0.665. The Morgan fingerprint density at radius 2 is 2.17 bits per heavy atom. The predicted molar refractivity (Wildman–Crippen MR) is 67.6 cm³/mol. The van der Waals surface area contributed by atoms with Crippen LogP contribution in [0.15, 0.2) is 0 Å². The standard InChI is InChI=1S/C11H18N2O4S/c14-8-4-9(10(15)16)13(5-8)11(17)12-7-2-1-3-18-6-7/h7-9,14H,1-6H2,(H,12,17)(H,15,16). The molecule has 2 aliphatic rings. The number of carbonyl (C=O) groups excluding carboxylic acids is 1. The van der Waals surface area contributed by atoms with Crippen LogP contribution in [0.1, 0.15) is 19.3 Å². The van der Waals surface area contributed by atoms with Gasteiger partial charge in [-0.05, 0) is 18.6 Å². The SMILES string of the molecule is O=C(O)C1CC(O)CN1C(=O)NC1CCCSC1. The molecule has 6 nitrogen and oxygen atoms in total. The number of likely N-dealkylation sites (tertiary alicyclic amines) is 1. The zero-order valence-electron chi connectivity index (χ0n) is 10.0. The molecule has 18 heavy (non-hydrogen) atoms. The number of β-amino-alcohol motifs (C(OH)–C–C–N with tert-alkyl or cyclic N) is 1. The maximum atomic E-state index is 12.0. The van der Waals surface area contributed by atoms with Gasteiger partial charge >= 0.3 is 12.0 Å². The molecule has 0 aromatic carbocycles. The number of hydrogen-bond donors (Lipinski definition) is 3. The van der Waals surface area contributed by atoms with Gasteiger partial charge in [0.2, 0.25) is 0 Å². The monoisotopic (exact) mass is 274 g/mol. The van der Waals surface area contributed by atoms with Gasteiger partial charge in [0.1, 0.15) is 6.04 Å². The van der Waals surface area contributed by atoms with E-state index in [2.05, 4.69) is 5.32 Å². The Morgan fingerprint density at radius 3 is 2.78 bits per heavy atom. The zero-order chi connectivity index (χ0) is 13.1. The molecular formula is C11H18N2O4S. The first-order valence-electron chi connectivity index (χ1n) is 6.13. The number of aliphatic hydroxyl groups excluding tert-OH is 1. The summed E-state index contributed by atoms with van der Waals surface area (Å²) in [7, 11) is 0. The molecule has 7 heteroatoms. The van der Waals surface area contributed by atoms with Crippen molar-refractivity contribution in [1.82, 2.24) is 10.2 Å². The Morgan fingerprint density at radius 1 is 1.39 bits per heavy atom. The maximum absolute atomic E-state index is 12.0. The lowest BCUT2D eigenvalue weighted by Crippen LogP contribution is -2.50. The first kappa shape index (κ1) is 13.5. The van der Waals surface area contributed by atoms with Gasteiger partial charge in [0.05, 0.1) is 6.10 Å². The van der Waals surface area contributed by atoms with Crippen molar-refractivity contribution in [2.45, 2.75) is 37.5 Å². The second-order valence-corrected chi connectivity index (χ2v) is 5.91. The van der Waals surface area contributed by atoms with E-state index in [1.165, 1.54) is 4.90 Å². The number of rotatable bonds is 2. The summed E-state index contributed by atoms with van der Waals surface area (Å²) in [6.45, 7) is 0.0999. The molecule has 102 valence electrons. The van der Waals surface area contributed by atoms with E-state index < -0.39 is 18.1 Å². The summed E-state index contributed by atoms with van der Waals surface area (Å²) in [5, 5.41) is 21.4. The highest BCUT2D eigenvalue weighted by Crippen LogP contribution is 2.20. The molecule has 0 spiro atoms. The molecule has 0 radical (unpaired) electrons. The van der Waals surface area contributed by atoms with E-state index in [1.54, 1.807) is 11.8 Å². The minimum Gasteiger partial charge on any atom is -0.480 e. The summed E-state index contributed by atoms with van der Waals surface area (Å²) >= 11 is 1.80. The number of aliphatic carboxylic acids is 1. The van der Waals surface area contributed by atoms with E-state index in [4.69, 9.17) is 5.11 Å². The maximum Gasteiger partial charge on any atom is 0.326 e. The fraction of sp³-hybridized carbons (Fsp3) is 0.818. The van der Waals surface area contributed by atoms with Crippen molar-refractivity contribution >= 4 is 23.8 Å². The molecular weight excluding hydrogens is 256 g/mol. The van der Waals surface area contributed by atoms with Crippen LogP contribution in [-0.2, 0) is 4.79 Å². The third-order valence-corrected chi connectivity index (χ3v) is 4.53. The molecule has 0 saturated carbocycles. The van der Waals surface area contributed by atoms with Crippen LogP contribution in [0.2, 0.25) is 0 Å². The number of hydrogen-bond acceptors (Lipinski definition) is 4. The second-order valence-electron chi connectivity index (χ2n) is 4.76. The van der Waals surface area contributed by atoms with Crippen molar-refractivity contribution in [3.05, 3.63) is 0 Å². The minimum atomic E-state index is -1.06. The zero-order valence-corrected chi connectivity index (χ0v) is 10.9. The van der Waals surface area contributed by atoms with E-state index in [1.807, 2.05) is 0 Å². The average molecular weight is 274 g/mol. The number of carbonyl (C=O) groups is 2. The summed E-state index contributed by atoms with van der Waals surface area (Å²) in [6, 6.07) is -1.16. The molecule has 2 aliphatic heterocycles. The van der Waals surface area contributed by atoms with Crippen LogP contribution in [0.3, 0.4) is 0 Å². The van der Waals surface area contributed by atoms with Crippen LogP contribution < -0.4 is 5.32 Å². The lowest BCUT2D eigenvalue weighted by molar-refractivity contribution is -0.141. The van der Waals surface area contributed by atoms with E-state index in [9.17, 15) is 14.7 Å². The number of carboxylic acid groups (broad SMARTS) is 1. The van der Waals surface area contributed by atoms with Crippen molar-refractivity contribution in [3.63, 3.8) is 0 Å². The van der Waals surface area contributed by atoms with E-state index in [-0.39, 0.29) is 25.0 Å². The smallest absolute Gasteiger partial charge is 0.326 e. The van der Waals surface area contributed by atoms with Crippen molar-refractivity contribution in [3.8, 4) is 0 Å². The van der Waals surface area contributed by atoms with Gasteiger partial charge in [-0.15, -0.1) is 0 Å². The van der Waals surface area contributed by atoms with Crippen LogP contribution in [0.4, 0.5) is 4.79 Å². The van der Waals surface area contributed by atoms with Crippen molar-refractivity contribution in [2.24, 2.45) is 0 Å². The first-order valence-corrected chi connectivity index (χ1v) is 7.29. The van der Waals surface area contributed by atoms with Crippen LogP contribution in [0.25, 0.3) is 0 Å². The molecule has 2 heterocycles. The number of carboxylic acids is 1. The molecule has 0 aliphatic carbocycles. The van der Waals surface area contributed by atoms with E-state index in [0.717, 1.165) is 24.3 Å². The first-order chi connectivity index (χ1) is 8.58. The molecule has 3 atom stereocenters. The Bertz CT molecular complexity index is 333. The Hall–Kier alpha value is -0.950. The van der Waals surface area contributed by atoms with Gasteiger partial charge in [-0.3, -0.25) is 0 Å². The van der Waals surface area contributed by atoms with Gasteiger partial charge in [0.15, 0.2) is 0 Å². The normalized spacial score (nSPS) is 32.3. The molecule has 2 rings (SSSR count). The van der Waals surface area contributed by atoms with Gasteiger partial charge in [0, 0.05) is 24.8 Å². The highest BCUT2D eigenvalue weighted by molar-refractivity contribution is 7.99. The van der Waals surface area contributed by atoms with Gasteiger partial charge in [0.25, 0.3) is 0 Å². The van der Waals surface area contributed by atoms with Crippen LogP contribution in [0, 0.1) is 0 Å². The van der Waals surface area contributed by atoms with Gasteiger partial charge in [-0.2, -0.15) is 11.8 Å². The fourth-order valence-corrected chi connectivity index (χ4v) is 3.46. The highest BCUT2D eigenvalue weighted by atomic mass is 32.2. The minimum absolute atomic E-state index is 0.0999. The van der Waals surface area contributed by atoms with Crippen molar-refractivity contribution in [2.75, 3.05) is 18.1 Å². The largest absolute Gasteiger partial charge is 0.480 e. The van der Waals surface area contributed by atoms with Gasteiger partial charge in [-0.1, -0.05) is 0 Å². The summed E-state index contributed by atoms with van der Waals surface area (Å²) in [5.74, 6) is 0.937. The lowest BCUT2D eigenvalue weighted by Gasteiger charge is -2.27. The fourth-order valence-electron chi connectivity index (χ4n) is 2.38. The highest BCUT2D eigenvalue weighted by Gasteiger charge is 2.39. The van der Waals surface area contributed by atoms with Gasteiger partial charge in [-0.25, -0.2) is 9.59 Å². The van der Waals surface area contributed by atoms with E-state index >= 15 is 0 Å². The van der Waals surface area contributed by atoms with Crippen LogP contribution in [-0.4, -0.2) is 63.4 Å². The van der Waals surface area contributed by atoms with E-state index in [0.29, 0.717) is 0 Å². The summed E-state index contributed by atoms with van der Waals surface area (Å²) in [5.41, 5.74) is 0. The number of nitrogens with one attached hydrogen (secondary N) is 1. The Kier molecular flexibility index (Phi) is 4.34. The van der Waals surface area contributed by atoms with Crippen LogP contribution in [0.5, 0.6) is 0 Å². The molecule has 3 unspecified atom stereocenters.